The molecular weight excluding hydrogens is 242 g/mol. The third-order valence-electron chi connectivity index (χ3n) is 3.79. The second kappa shape index (κ2) is 5.87. The van der Waals surface area contributed by atoms with Crippen LogP contribution in [0.4, 0.5) is 0 Å². The monoisotopic (exact) mass is 265 g/mol. The number of nitrogens with one attached hydrogen (secondary N) is 1. The van der Waals surface area contributed by atoms with E-state index in [4.69, 9.17) is 0 Å². The van der Waals surface area contributed by atoms with Crippen molar-refractivity contribution in [1.82, 2.24) is 5.32 Å². The van der Waals surface area contributed by atoms with Crippen LogP contribution in [0.25, 0.3) is 0 Å². The summed E-state index contributed by atoms with van der Waals surface area (Å²) in [7, 11) is 0. The third-order valence-corrected chi connectivity index (χ3v) is 4.89. The predicted octanol–water partition coefficient (Wildman–Crippen LogP) is 3.93. The van der Waals surface area contributed by atoms with Crippen LogP contribution in [0.15, 0.2) is 6.07 Å². The van der Waals surface area contributed by atoms with Crippen LogP contribution in [0.2, 0.25) is 0 Å². The van der Waals surface area contributed by atoms with Gasteiger partial charge in [-0.3, -0.25) is 4.79 Å². The highest BCUT2D eigenvalue weighted by atomic mass is 32.1. The minimum atomic E-state index is 0.129. The number of hydrogen-bond donors (Lipinski definition) is 1. The van der Waals surface area contributed by atoms with Crippen molar-refractivity contribution in [1.29, 1.82) is 0 Å². The molecule has 3 heteroatoms. The Hall–Kier alpha value is -0.830. The van der Waals surface area contributed by atoms with Crippen molar-refractivity contribution in [3.8, 4) is 0 Å². The van der Waals surface area contributed by atoms with Crippen molar-refractivity contribution in [3.05, 3.63) is 21.4 Å². The Bertz CT molecular complexity index is 424. The molecule has 0 radical (unpaired) electrons. The minimum Gasteiger partial charge on any atom is -0.349 e. The first-order valence-corrected chi connectivity index (χ1v) is 7.82. The number of thiophene rings is 1. The van der Waals surface area contributed by atoms with E-state index in [9.17, 15) is 4.79 Å². The second-order valence-corrected chi connectivity index (χ2v) is 6.79. The largest absolute Gasteiger partial charge is 0.349 e. The highest BCUT2D eigenvalue weighted by molar-refractivity contribution is 7.14. The van der Waals surface area contributed by atoms with Crippen LogP contribution in [0, 0.1) is 12.8 Å². The molecule has 1 amide bonds. The van der Waals surface area contributed by atoms with Crippen LogP contribution in [0.5, 0.6) is 0 Å². The maximum Gasteiger partial charge on any atom is 0.261 e. The first kappa shape index (κ1) is 13.6. The van der Waals surface area contributed by atoms with E-state index in [0.717, 1.165) is 36.5 Å². The molecular formula is C15H23NOS. The van der Waals surface area contributed by atoms with Gasteiger partial charge in [0.15, 0.2) is 0 Å². The van der Waals surface area contributed by atoms with Crippen LogP contribution in [-0.4, -0.2) is 11.9 Å². The van der Waals surface area contributed by atoms with Crippen LogP contribution >= 0.6 is 11.3 Å². The van der Waals surface area contributed by atoms with Crippen LogP contribution < -0.4 is 5.32 Å². The van der Waals surface area contributed by atoms with E-state index >= 15 is 0 Å². The fraction of sp³-hybridized carbons (Fsp3) is 0.667. The van der Waals surface area contributed by atoms with E-state index in [1.807, 2.05) is 0 Å². The molecule has 2 rings (SSSR count). The van der Waals surface area contributed by atoms with E-state index in [0.29, 0.717) is 6.04 Å². The third kappa shape index (κ3) is 3.14. The lowest BCUT2D eigenvalue weighted by atomic mass is 10.1. The van der Waals surface area contributed by atoms with Gasteiger partial charge in [0, 0.05) is 10.9 Å². The lowest BCUT2D eigenvalue weighted by Gasteiger charge is -2.11. The number of carbonyl (C=O) groups excluding carboxylic acids is 1. The first-order chi connectivity index (χ1) is 8.60. The number of hydrogen-bond acceptors (Lipinski definition) is 2. The highest BCUT2D eigenvalue weighted by Gasteiger charge is 2.23. The Morgan fingerprint density at radius 1 is 1.50 bits per heavy atom. The van der Waals surface area contributed by atoms with Gasteiger partial charge >= 0.3 is 0 Å². The first-order valence-electron chi connectivity index (χ1n) is 7.00. The minimum absolute atomic E-state index is 0.129. The standard InChI is InChI=1S/C15H23NOS/c1-4-5-12-9-14(18-11(12)3)15(17)16-13-7-6-10(2)8-13/h9-10,13H,4-8H2,1-3H3,(H,16,17). The van der Waals surface area contributed by atoms with Gasteiger partial charge in [-0.05, 0) is 50.2 Å². The summed E-state index contributed by atoms with van der Waals surface area (Å²) in [6.45, 7) is 6.56. The molecule has 0 aliphatic heterocycles. The van der Waals surface area contributed by atoms with Gasteiger partial charge in [-0.15, -0.1) is 11.3 Å². The summed E-state index contributed by atoms with van der Waals surface area (Å²) in [4.78, 5) is 14.4. The van der Waals surface area contributed by atoms with Gasteiger partial charge in [-0.2, -0.15) is 0 Å². The fourth-order valence-electron chi connectivity index (χ4n) is 2.74. The molecule has 1 aromatic heterocycles. The molecule has 0 bridgehead atoms. The van der Waals surface area contributed by atoms with Gasteiger partial charge < -0.3 is 5.32 Å². The Balaban J connectivity index is 1.98. The molecule has 100 valence electrons. The maximum atomic E-state index is 12.2. The summed E-state index contributed by atoms with van der Waals surface area (Å²) in [5.74, 6) is 0.889. The normalized spacial score (nSPS) is 23.3. The van der Waals surface area contributed by atoms with E-state index < -0.39 is 0 Å². The van der Waals surface area contributed by atoms with Crippen molar-refractivity contribution >= 4 is 17.2 Å². The highest BCUT2D eigenvalue weighted by Crippen LogP contribution is 2.26. The summed E-state index contributed by atoms with van der Waals surface area (Å²) in [6, 6.07) is 2.47. The van der Waals surface area contributed by atoms with Crippen LogP contribution in [-0.2, 0) is 6.42 Å². The zero-order valence-electron chi connectivity index (χ0n) is 11.6. The molecule has 2 nitrogen and oxygen atoms in total. The van der Waals surface area contributed by atoms with E-state index in [1.165, 1.54) is 16.9 Å². The molecule has 1 heterocycles. The summed E-state index contributed by atoms with van der Waals surface area (Å²) in [5, 5.41) is 3.18. The molecule has 0 saturated heterocycles. The molecule has 0 aromatic carbocycles. The predicted molar refractivity (Wildman–Crippen MR) is 77.3 cm³/mol. The van der Waals surface area contributed by atoms with Crippen molar-refractivity contribution in [3.63, 3.8) is 0 Å². The average molecular weight is 265 g/mol. The Kier molecular flexibility index (Phi) is 4.44. The van der Waals surface area contributed by atoms with E-state index in [1.54, 1.807) is 11.3 Å². The van der Waals surface area contributed by atoms with Crippen molar-refractivity contribution in [2.24, 2.45) is 5.92 Å². The topological polar surface area (TPSA) is 29.1 Å². The lowest BCUT2D eigenvalue weighted by Crippen LogP contribution is -2.32. The number of rotatable bonds is 4. The van der Waals surface area contributed by atoms with E-state index in [-0.39, 0.29) is 5.91 Å². The van der Waals surface area contributed by atoms with Crippen molar-refractivity contribution in [2.45, 2.75) is 58.9 Å². The Labute approximate surface area is 114 Å². The smallest absolute Gasteiger partial charge is 0.261 e. The molecule has 1 saturated carbocycles. The van der Waals surface area contributed by atoms with Crippen molar-refractivity contribution < 1.29 is 4.79 Å². The molecule has 0 spiro atoms. The van der Waals surface area contributed by atoms with Crippen LogP contribution in [0.3, 0.4) is 0 Å². The van der Waals surface area contributed by atoms with Crippen LogP contribution in [0.1, 0.15) is 59.6 Å². The number of amides is 1. The molecule has 1 N–H and O–H groups in total. The summed E-state index contributed by atoms with van der Waals surface area (Å²) in [6.07, 6.45) is 5.74. The molecule has 18 heavy (non-hydrogen) atoms. The number of carbonyl (C=O) groups is 1. The molecule has 2 atom stereocenters. The average Bonchev–Trinajstić information content (AvgIpc) is 2.87. The van der Waals surface area contributed by atoms with E-state index in [2.05, 4.69) is 32.2 Å². The second-order valence-electron chi connectivity index (χ2n) is 5.53. The molecule has 1 fully saturated rings. The fourth-order valence-corrected chi connectivity index (χ4v) is 3.72. The zero-order chi connectivity index (χ0) is 13.1. The summed E-state index contributed by atoms with van der Waals surface area (Å²) in [5.41, 5.74) is 1.34. The van der Waals surface area contributed by atoms with Gasteiger partial charge in [0.2, 0.25) is 0 Å². The van der Waals surface area contributed by atoms with Gasteiger partial charge in [0.05, 0.1) is 4.88 Å². The zero-order valence-corrected chi connectivity index (χ0v) is 12.4. The summed E-state index contributed by atoms with van der Waals surface area (Å²) >= 11 is 1.63. The molecule has 2 unspecified atom stereocenters. The summed E-state index contributed by atoms with van der Waals surface area (Å²) < 4.78 is 0. The molecule has 1 aromatic rings. The maximum absolute atomic E-state index is 12.2. The molecule has 1 aliphatic rings. The van der Waals surface area contributed by atoms with Gasteiger partial charge in [0.1, 0.15) is 0 Å². The van der Waals surface area contributed by atoms with Crippen molar-refractivity contribution in [2.75, 3.05) is 0 Å². The quantitative estimate of drug-likeness (QED) is 0.878. The SMILES string of the molecule is CCCc1cc(C(=O)NC2CCC(C)C2)sc1C. The van der Waals surface area contributed by atoms with Gasteiger partial charge in [-0.25, -0.2) is 0 Å². The van der Waals surface area contributed by atoms with Gasteiger partial charge in [0.25, 0.3) is 5.91 Å². The Morgan fingerprint density at radius 3 is 2.89 bits per heavy atom. The molecule has 1 aliphatic carbocycles. The number of aryl methyl sites for hydroxylation is 2. The van der Waals surface area contributed by atoms with Gasteiger partial charge in [-0.1, -0.05) is 20.3 Å². The Morgan fingerprint density at radius 2 is 2.28 bits per heavy atom. The lowest BCUT2D eigenvalue weighted by molar-refractivity contribution is 0.0941.